The largest absolute Gasteiger partial charge is 0.369 e. The molecule has 0 bridgehead atoms. The number of nitriles is 1. The van der Waals surface area contributed by atoms with Gasteiger partial charge >= 0.3 is 0 Å². The van der Waals surface area contributed by atoms with Crippen LogP contribution in [0.2, 0.25) is 0 Å². The lowest BCUT2D eigenvalue weighted by Crippen LogP contribution is -2.27. The summed E-state index contributed by atoms with van der Waals surface area (Å²) in [4.78, 5) is 15.0. The van der Waals surface area contributed by atoms with Crippen molar-refractivity contribution in [1.82, 2.24) is 29.5 Å². The number of aromatic nitrogens is 5. The molecule has 1 fully saturated rings. The van der Waals surface area contributed by atoms with E-state index in [4.69, 9.17) is 10.2 Å². The zero-order valence-corrected chi connectivity index (χ0v) is 20.4. The van der Waals surface area contributed by atoms with Crippen LogP contribution in [0.3, 0.4) is 0 Å². The first-order chi connectivity index (χ1) is 16.9. The quantitative estimate of drug-likeness (QED) is 0.406. The van der Waals surface area contributed by atoms with E-state index in [9.17, 15) is 8.42 Å². The number of hydrogen-bond acceptors (Lipinski definition) is 7. The monoisotopic (exact) mass is 490 g/mol. The number of nitrogens with zero attached hydrogens (tertiary/aromatic N) is 6. The molecule has 1 aromatic carbocycles. The zero-order valence-electron chi connectivity index (χ0n) is 19.6. The van der Waals surface area contributed by atoms with Crippen LogP contribution >= 0.6 is 0 Å². The number of rotatable bonds is 7. The first-order valence-corrected chi connectivity index (χ1v) is 13.0. The Hall–Kier alpha value is -3.75. The Labute approximate surface area is 203 Å². The summed E-state index contributed by atoms with van der Waals surface area (Å²) in [6.07, 6.45) is 9.62. The van der Waals surface area contributed by atoms with Gasteiger partial charge in [-0.15, -0.1) is 0 Å². The van der Waals surface area contributed by atoms with Gasteiger partial charge in [-0.2, -0.15) is 10.4 Å². The molecular weight excluding hydrogens is 464 g/mol. The maximum Gasteiger partial charge on any atom is 0.240 e. The van der Waals surface area contributed by atoms with Crippen LogP contribution in [0.25, 0.3) is 33.5 Å². The average molecular weight is 491 g/mol. The smallest absolute Gasteiger partial charge is 0.240 e. The van der Waals surface area contributed by atoms with Crippen molar-refractivity contribution in [2.24, 2.45) is 0 Å². The molecular formula is C24H26N8O2S. The Bertz CT molecular complexity index is 1530. The van der Waals surface area contributed by atoms with E-state index in [1.54, 1.807) is 29.2 Å². The van der Waals surface area contributed by atoms with E-state index in [1.165, 1.54) is 7.05 Å². The van der Waals surface area contributed by atoms with Crippen molar-refractivity contribution in [1.29, 1.82) is 5.26 Å². The molecule has 1 aliphatic rings. The first-order valence-electron chi connectivity index (χ1n) is 11.5. The molecule has 3 aromatic heterocycles. The van der Waals surface area contributed by atoms with Crippen molar-refractivity contribution in [3.05, 3.63) is 43.0 Å². The molecule has 1 atom stereocenters. The molecule has 5 rings (SSSR count). The fraction of sp³-hybridized carbons (Fsp3) is 0.333. The van der Waals surface area contributed by atoms with Gasteiger partial charge in [-0.25, -0.2) is 23.1 Å². The second-order valence-electron chi connectivity index (χ2n) is 8.66. The number of benzene rings is 1. The third-order valence-corrected chi connectivity index (χ3v) is 7.82. The van der Waals surface area contributed by atoms with Gasteiger partial charge in [-0.1, -0.05) is 0 Å². The third kappa shape index (κ3) is 4.38. The number of aryl methyl sites for hydroxylation is 1. The van der Waals surface area contributed by atoms with E-state index < -0.39 is 10.0 Å². The van der Waals surface area contributed by atoms with Gasteiger partial charge in [0.05, 0.1) is 42.0 Å². The van der Waals surface area contributed by atoms with Crippen LogP contribution < -0.4 is 9.62 Å². The molecule has 1 unspecified atom stereocenters. The topological polar surface area (TPSA) is 133 Å². The van der Waals surface area contributed by atoms with Crippen molar-refractivity contribution >= 4 is 26.9 Å². The summed E-state index contributed by atoms with van der Waals surface area (Å²) in [7, 11) is -2.24. The standard InChI is InChI=1S/C24H26N8O2S/c1-16-5-3-8-32(16)19-9-17(10-20(11-19)35(33,34)26-2)22-14-28-24-23(30-22)21(13-27-24)18-12-29-31(15-18)7-4-6-25/h9-16,26H,3-5,7-8H2,1-2H3,(H,27,28). The van der Waals surface area contributed by atoms with Gasteiger partial charge in [0.2, 0.25) is 10.0 Å². The van der Waals surface area contributed by atoms with Crippen molar-refractivity contribution in [3.8, 4) is 28.5 Å². The summed E-state index contributed by atoms with van der Waals surface area (Å²) in [6, 6.07) is 7.80. The van der Waals surface area contributed by atoms with E-state index in [2.05, 4.69) is 37.7 Å². The minimum atomic E-state index is -3.65. The fourth-order valence-corrected chi connectivity index (χ4v) is 5.32. The van der Waals surface area contributed by atoms with Gasteiger partial charge in [-0.05, 0) is 45.0 Å². The molecule has 1 saturated heterocycles. The van der Waals surface area contributed by atoms with Crippen LogP contribution in [-0.2, 0) is 16.6 Å². The van der Waals surface area contributed by atoms with Crippen LogP contribution in [-0.4, -0.2) is 52.8 Å². The SMILES string of the molecule is CNS(=O)(=O)c1cc(-c2cnc3[nH]cc(-c4cnn(CCC#N)c4)c3n2)cc(N2CCCC2C)c1. The Morgan fingerprint density at radius 1 is 1.26 bits per heavy atom. The highest BCUT2D eigenvalue weighted by molar-refractivity contribution is 7.89. The Balaban J connectivity index is 1.60. The first kappa shape index (κ1) is 23.0. The van der Waals surface area contributed by atoms with E-state index in [-0.39, 0.29) is 4.90 Å². The van der Waals surface area contributed by atoms with Crippen molar-refractivity contribution < 1.29 is 8.42 Å². The maximum atomic E-state index is 12.7. The molecule has 10 nitrogen and oxygen atoms in total. The summed E-state index contributed by atoms with van der Waals surface area (Å²) in [5.74, 6) is 0. The Morgan fingerprint density at radius 3 is 2.86 bits per heavy atom. The van der Waals surface area contributed by atoms with Crippen LogP contribution in [0.4, 0.5) is 5.69 Å². The number of H-pyrrole nitrogens is 1. The van der Waals surface area contributed by atoms with Crippen molar-refractivity contribution in [3.63, 3.8) is 0 Å². The average Bonchev–Trinajstić information content (AvgIpc) is 3.61. The molecule has 0 saturated carbocycles. The summed E-state index contributed by atoms with van der Waals surface area (Å²) in [6.45, 7) is 3.55. The maximum absolute atomic E-state index is 12.7. The third-order valence-electron chi connectivity index (χ3n) is 6.43. The molecule has 180 valence electrons. The Morgan fingerprint density at radius 2 is 2.11 bits per heavy atom. The predicted molar refractivity (Wildman–Crippen MR) is 133 cm³/mol. The van der Waals surface area contributed by atoms with E-state index in [0.29, 0.717) is 41.4 Å². The number of nitrogens with one attached hydrogen (secondary N) is 2. The van der Waals surface area contributed by atoms with Crippen LogP contribution in [0.1, 0.15) is 26.2 Å². The zero-order chi connectivity index (χ0) is 24.6. The molecule has 11 heteroatoms. The second-order valence-corrected chi connectivity index (χ2v) is 10.5. The van der Waals surface area contributed by atoms with Gasteiger partial charge < -0.3 is 9.88 Å². The minimum Gasteiger partial charge on any atom is -0.369 e. The van der Waals surface area contributed by atoms with E-state index in [0.717, 1.165) is 36.2 Å². The van der Waals surface area contributed by atoms with Gasteiger partial charge in [-0.3, -0.25) is 4.68 Å². The van der Waals surface area contributed by atoms with Crippen LogP contribution in [0, 0.1) is 11.3 Å². The van der Waals surface area contributed by atoms with Crippen molar-refractivity contribution in [2.45, 2.75) is 43.7 Å². The lowest BCUT2D eigenvalue weighted by atomic mass is 10.1. The molecule has 0 radical (unpaired) electrons. The molecule has 0 amide bonds. The lowest BCUT2D eigenvalue weighted by Gasteiger charge is -2.25. The van der Waals surface area contributed by atoms with Crippen molar-refractivity contribution in [2.75, 3.05) is 18.5 Å². The normalized spacial score (nSPS) is 16.1. The lowest BCUT2D eigenvalue weighted by molar-refractivity contribution is 0.588. The summed E-state index contributed by atoms with van der Waals surface area (Å²) < 4.78 is 29.6. The number of fused-ring (bicyclic) bond motifs is 1. The molecule has 2 N–H and O–H groups in total. The summed E-state index contributed by atoms with van der Waals surface area (Å²) in [5.41, 5.74) is 5.11. The second kappa shape index (κ2) is 9.13. The van der Waals surface area contributed by atoms with Crippen LogP contribution in [0.15, 0.2) is 47.9 Å². The highest BCUT2D eigenvalue weighted by atomic mass is 32.2. The van der Waals surface area contributed by atoms with Gasteiger partial charge in [0.1, 0.15) is 5.52 Å². The van der Waals surface area contributed by atoms with Crippen LogP contribution in [0.5, 0.6) is 0 Å². The molecule has 4 aromatic rings. The Kier molecular flexibility index (Phi) is 6.00. The highest BCUT2D eigenvalue weighted by Crippen LogP contribution is 2.33. The molecule has 1 aliphatic heterocycles. The predicted octanol–water partition coefficient (Wildman–Crippen LogP) is 3.30. The number of aromatic amines is 1. The number of sulfonamides is 1. The summed E-state index contributed by atoms with van der Waals surface area (Å²) >= 11 is 0. The highest BCUT2D eigenvalue weighted by Gasteiger charge is 2.24. The molecule has 4 heterocycles. The minimum absolute atomic E-state index is 0.196. The van der Waals surface area contributed by atoms with E-state index in [1.807, 2.05) is 18.5 Å². The van der Waals surface area contributed by atoms with Gasteiger partial charge in [0.25, 0.3) is 0 Å². The number of hydrogen-bond donors (Lipinski definition) is 2. The van der Waals surface area contributed by atoms with Gasteiger partial charge in [0.15, 0.2) is 5.65 Å². The van der Waals surface area contributed by atoms with E-state index >= 15 is 0 Å². The molecule has 35 heavy (non-hydrogen) atoms. The fourth-order valence-electron chi connectivity index (χ4n) is 4.53. The summed E-state index contributed by atoms with van der Waals surface area (Å²) in [5, 5.41) is 13.2. The molecule has 0 aliphatic carbocycles. The number of anilines is 1. The molecule has 0 spiro atoms. The van der Waals surface area contributed by atoms with Gasteiger partial charge in [0, 0.05) is 47.4 Å².